The Morgan fingerprint density at radius 2 is 2.25 bits per heavy atom. The van der Waals surface area contributed by atoms with Crippen molar-refractivity contribution in [2.75, 3.05) is 5.32 Å². The topological polar surface area (TPSA) is 12.0 Å². The number of hydrogen-bond acceptors (Lipinski definition) is 1. The molecule has 1 aromatic rings. The fourth-order valence-electron chi connectivity index (χ4n) is 2.42. The number of halogens is 2. The zero-order valence-corrected chi connectivity index (χ0v) is 11.1. The SMILES string of the molecule is CCC1CCC(Nc2c(F)cccc2Br)C1. The third-order valence-corrected chi connectivity index (χ3v) is 4.09. The van der Waals surface area contributed by atoms with Crippen LogP contribution in [0.4, 0.5) is 10.1 Å². The van der Waals surface area contributed by atoms with Gasteiger partial charge in [-0.3, -0.25) is 0 Å². The highest BCUT2D eigenvalue weighted by molar-refractivity contribution is 9.10. The molecule has 1 nitrogen and oxygen atoms in total. The largest absolute Gasteiger partial charge is 0.379 e. The van der Waals surface area contributed by atoms with Gasteiger partial charge in [0.1, 0.15) is 5.82 Å². The van der Waals surface area contributed by atoms with Crippen LogP contribution in [0.15, 0.2) is 22.7 Å². The average Bonchev–Trinajstić information content (AvgIpc) is 2.71. The van der Waals surface area contributed by atoms with Crippen LogP contribution in [0.3, 0.4) is 0 Å². The van der Waals surface area contributed by atoms with Crippen molar-refractivity contribution in [3.63, 3.8) is 0 Å². The molecule has 0 radical (unpaired) electrons. The van der Waals surface area contributed by atoms with Crippen LogP contribution >= 0.6 is 15.9 Å². The first-order valence-electron chi connectivity index (χ1n) is 5.91. The minimum atomic E-state index is -0.172. The standard InChI is InChI=1S/C13H17BrFN/c1-2-9-6-7-10(8-9)16-13-11(14)4-3-5-12(13)15/h3-5,9-10,16H,2,6-8H2,1H3. The number of benzene rings is 1. The lowest BCUT2D eigenvalue weighted by Crippen LogP contribution is -2.16. The predicted octanol–water partition coefficient (Wildman–Crippen LogP) is 4.58. The first kappa shape index (κ1) is 11.9. The molecule has 1 fully saturated rings. The molecule has 16 heavy (non-hydrogen) atoms. The maximum atomic E-state index is 13.6. The summed E-state index contributed by atoms with van der Waals surface area (Å²) in [5.41, 5.74) is 0.615. The maximum absolute atomic E-state index is 13.6. The van der Waals surface area contributed by atoms with Crippen LogP contribution in [-0.2, 0) is 0 Å². The van der Waals surface area contributed by atoms with Crippen molar-refractivity contribution in [2.45, 2.75) is 38.6 Å². The van der Waals surface area contributed by atoms with Gasteiger partial charge in [0.25, 0.3) is 0 Å². The highest BCUT2D eigenvalue weighted by atomic mass is 79.9. The molecule has 1 aliphatic carbocycles. The lowest BCUT2D eigenvalue weighted by molar-refractivity contribution is 0.524. The Morgan fingerprint density at radius 1 is 1.44 bits per heavy atom. The van der Waals surface area contributed by atoms with Crippen LogP contribution < -0.4 is 5.32 Å². The minimum absolute atomic E-state index is 0.172. The zero-order chi connectivity index (χ0) is 11.5. The smallest absolute Gasteiger partial charge is 0.147 e. The summed E-state index contributed by atoms with van der Waals surface area (Å²) in [7, 11) is 0. The first-order chi connectivity index (χ1) is 7.70. The van der Waals surface area contributed by atoms with Crippen LogP contribution in [0, 0.1) is 11.7 Å². The number of rotatable bonds is 3. The van der Waals surface area contributed by atoms with Gasteiger partial charge in [-0.25, -0.2) is 4.39 Å². The van der Waals surface area contributed by atoms with Crippen molar-refractivity contribution in [3.05, 3.63) is 28.5 Å². The van der Waals surface area contributed by atoms with E-state index >= 15 is 0 Å². The minimum Gasteiger partial charge on any atom is -0.379 e. The molecule has 1 N–H and O–H groups in total. The molecule has 2 unspecified atom stereocenters. The van der Waals surface area contributed by atoms with Crippen LogP contribution in [0.2, 0.25) is 0 Å². The Morgan fingerprint density at radius 3 is 2.88 bits per heavy atom. The molecule has 0 spiro atoms. The lowest BCUT2D eigenvalue weighted by atomic mass is 10.1. The van der Waals surface area contributed by atoms with Crippen molar-refractivity contribution in [1.29, 1.82) is 0 Å². The molecule has 2 atom stereocenters. The molecule has 88 valence electrons. The van der Waals surface area contributed by atoms with Gasteiger partial charge in [0.2, 0.25) is 0 Å². The van der Waals surface area contributed by atoms with Gasteiger partial charge in [-0.15, -0.1) is 0 Å². The van der Waals surface area contributed by atoms with Crippen molar-refractivity contribution < 1.29 is 4.39 Å². The second kappa shape index (κ2) is 5.17. The molecule has 1 aliphatic rings. The Bertz CT molecular complexity index is 347. The van der Waals surface area contributed by atoms with Gasteiger partial charge < -0.3 is 5.32 Å². The summed E-state index contributed by atoms with van der Waals surface area (Å²) < 4.78 is 14.4. The van der Waals surface area contributed by atoms with E-state index < -0.39 is 0 Å². The van der Waals surface area contributed by atoms with Gasteiger partial charge in [-0.1, -0.05) is 19.4 Å². The van der Waals surface area contributed by atoms with E-state index in [0.717, 1.165) is 23.2 Å². The molecule has 3 heteroatoms. The molecule has 1 saturated carbocycles. The van der Waals surface area contributed by atoms with Gasteiger partial charge in [0, 0.05) is 10.5 Å². The van der Waals surface area contributed by atoms with E-state index in [2.05, 4.69) is 28.2 Å². The van der Waals surface area contributed by atoms with Gasteiger partial charge in [0.05, 0.1) is 5.69 Å². The fraction of sp³-hybridized carbons (Fsp3) is 0.538. The summed E-state index contributed by atoms with van der Waals surface area (Å²) in [6.45, 7) is 2.23. The Labute approximate surface area is 105 Å². The molecule has 0 amide bonds. The van der Waals surface area contributed by atoms with Crippen LogP contribution in [-0.4, -0.2) is 6.04 Å². The van der Waals surface area contributed by atoms with E-state index in [4.69, 9.17) is 0 Å². The maximum Gasteiger partial charge on any atom is 0.147 e. The summed E-state index contributed by atoms with van der Waals surface area (Å²) >= 11 is 3.38. The van der Waals surface area contributed by atoms with E-state index in [1.54, 1.807) is 6.07 Å². The van der Waals surface area contributed by atoms with Gasteiger partial charge >= 0.3 is 0 Å². The monoisotopic (exact) mass is 285 g/mol. The quantitative estimate of drug-likeness (QED) is 0.857. The third kappa shape index (κ3) is 2.57. The number of anilines is 1. The van der Waals surface area contributed by atoms with Crippen molar-refractivity contribution in [3.8, 4) is 0 Å². The molecule has 0 bridgehead atoms. The normalized spacial score (nSPS) is 24.7. The number of nitrogens with one attached hydrogen (secondary N) is 1. The van der Waals surface area contributed by atoms with E-state index in [9.17, 15) is 4.39 Å². The lowest BCUT2D eigenvalue weighted by Gasteiger charge is -2.16. The Kier molecular flexibility index (Phi) is 3.85. The molecular formula is C13H17BrFN. The van der Waals surface area contributed by atoms with Crippen LogP contribution in [0.5, 0.6) is 0 Å². The Hall–Kier alpha value is -0.570. The highest BCUT2D eigenvalue weighted by Gasteiger charge is 2.24. The highest BCUT2D eigenvalue weighted by Crippen LogP contribution is 2.33. The second-order valence-electron chi connectivity index (χ2n) is 4.53. The summed E-state index contributed by atoms with van der Waals surface area (Å²) in [5.74, 6) is 0.636. The molecule has 0 aliphatic heterocycles. The molecule has 0 heterocycles. The molecule has 1 aromatic carbocycles. The summed E-state index contributed by atoms with van der Waals surface area (Å²) in [6, 6.07) is 5.52. The average molecular weight is 286 g/mol. The Balaban J connectivity index is 2.04. The van der Waals surface area contributed by atoms with Crippen molar-refractivity contribution >= 4 is 21.6 Å². The molecule has 0 saturated heterocycles. The molecule has 0 aromatic heterocycles. The number of hydrogen-bond donors (Lipinski definition) is 1. The number of para-hydroxylation sites is 1. The summed E-state index contributed by atoms with van der Waals surface area (Å²) in [4.78, 5) is 0. The zero-order valence-electron chi connectivity index (χ0n) is 9.47. The van der Waals surface area contributed by atoms with E-state index in [0.29, 0.717) is 11.7 Å². The molecule has 2 rings (SSSR count). The van der Waals surface area contributed by atoms with Crippen LogP contribution in [0.25, 0.3) is 0 Å². The predicted molar refractivity (Wildman–Crippen MR) is 69.1 cm³/mol. The van der Waals surface area contributed by atoms with E-state index in [1.807, 2.05) is 6.07 Å². The summed E-state index contributed by atoms with van der Waals surface area (Å²) in [5, 5.41) is 3.32. The van der Waals surface area contributed by atoms with Crippen molar-refractivity contribution in [1.82, 2.24) is 0 Å². The fourth-order valence-corrected chi connectivity index (χ4v) is 2.87. The first-order valence-corrected chi connectivity index (χ1v) is 6.70. The van der Waals surface area contributed by atoms with Crippen molar-refractivity contribution in [2.24, 2.45) is 5.92 Å². The van der Waals surface area contributed by atoms with Gasteiger partial charge in [-0.2, -0.15) is 0 Å². The van der Waals surface area contributed by atoms with Gasteiger partial charge in [0.15, 0.2) is 0 Å². The summed E-state index contributed by atoms with van der Waals surface area (Å²) in [6.07, 6.45) is 4.81. The molecular weight excluding hydrogens is 269 g/mol. The van der Waals surface area contributed by atoms with E-state index in [1.165, 1.54) is 18.9 Å². The van der Waals surface area contributed by atoms with E-state index in [-0.39, 0.29) is 5.82 Å². The second-order valence-corrected chi connectivity index (χ2v) is 5.38. The van der Waals surface area contributed by atoms with Gasteiger partial charge in [-0.05, 0) is 53.2 Å². The third-order valence-electron chi connectivity index (χ3n) is 3.43. The van der Waals surface area contributed by atoms with Crippen LogP contribution in [0.1, 0.15) is 32.6 Å².